The number of thioether (sulfide) groups is 1. The minimum absolute atomic E-state index is 0.0229. The predicted octanol–water partition coefficient (Wildman–Crippen LogP) is 2.69. The number of amides is 1. The molecule has 2 aliphatic rings. The number of hydrogen-bond donors (Lipinski definition) is 0. The van der Waals surface area contributed by atoms with Crippen molar-refractivity contribution in [2.24, 2.45) is 4.99 Å². The smallest absolute Gasteiger partial charge is 0.252 e. The molecule has 2 aliphatic heterocycles. The number of amidine groups is 1. The van der Waals surface area contributed by atoms with E-state index >= 15 is 0 Å². The summed E-state index contributed by atoms with van der Waals surface area (Å²) in [7, 11) is -0.117. The van der Waals surface area contributed by atoms with Crippen molar-refractivity contribution in [2.45, 2.75) is 17.7 Å². The molecule has 7 nitrogen and oxygen atoms in total. The molecule has 2 saturated heterocycles. The van der Waals surface area contributed by atoms with Gasteiger partial charge in [0.25, 0.3) is 5.91 Å². The first-order chi connectivity index (χ1) is 14.8. The fraction of sp³-hybridized carbons (Fsp3) is 0.333. The van der Waals surface area contributed by atoms with Crippen molar-refractivity contribution >= 4 is 38.4 Å². The number of fused-ring (bicyclic) bond motifs is 1. The van der Waals surface area contributed by atoms with E-state index in [0.29, 0.717) is 27.9 Å². The molecule has 10 heteroatoms. The lowest BCUT2D eigenvalue weighted by Crippen LogP contribution is -2.37. The summed E-state index contributed by atoms with van der Waals surface area (Å²) in [5.74, 6) is 0.323. The lowest BCUT2D eigenvalue weighted by Gasteiger charge is -2.24. The fourth-order valence-corrected chi connectivity index (χ4v) is 7.71. The lowest BCUT2D eigenvalue weighted by atomic mass is 10.1. The Kier molecular flexibility index (Phi) is 5.94. The maximum Gasteiger partial charge on any atom is 0.252 e. The Hall–Kier alpha value is -2.59. The lowest BCUT2D eigenvalue weighted by molar-refractivity contribution is -0.117. The van der Waals surface area contributed by atoms with E-state index in [9.17, 15) is 17.6 Å². The number of benzene rings is 2. The molecule has 164 valence electrons. The van der Waals surface area contributed by atoms with Gasteiger partial charge < -0.3 is 14.4 Å². The van der Waals surface area contributed by atoms with Crippen molar-refractivity contribution in [1.82, 2.24) is 0 Å². The van der Waals surface area contributed by atoms with Gasteiger partial charge in [0.15, 0.2) is 26.5 Å². The standard InChI is InChI=1S/C21H21FN2O5S2/c1-28-17-8-3-13(9-18(17)29-2)10-20(25)23-21-24(15-6-4-14(22)5-7-15)16-11-31(26,27)12-19(16)30-21/h3-9,16,19H,10-12H2,1-2H3/t16-,19-/m1/s1. The van der Waals surface area contributed by atoms with Crippen LogP contribution in [0, 0.1) is 5.82 Å². The monoisotopic (exact) mass is 464 g/mol. The molecule has 2 fully saturated rings. The molecule has 0 radical (unpaired) electrons. The van der Waals surface area contributed by atoms with Crippen molar-refractivity contribution in [1.29, 1.82) is 0 Å². The van der Waals surface area contributed by atoms with Crippen LogP contribution < -0.4 is 14.4 Å². The summed E-state index contributed by atoms with van der Waals surface area (Å²) in [5.41, 5.74) is 1.32. The SMILES string of the molecule is COc1ccc(CC(=O)N=C2S[C@@H]3CS(=O)(=O)C[C@H]3N2c2ccc(F)cc2)cc1OC. The van der Waals surface area contributed by atoms with Gasteiger partial charge in [-0.15, -0.1) is 0 Å². The summed E-state index contributed by atoms with van der Waals surface area (Å²) in [4.78, 5) is 18.8. The summed E-state index contributed by atoms with van der Waals surface area (Å²) in [5, 5.41) is 0.213. The van der Waals surface area contributed by atoms with Gasteiger partial charge >= 0.3 is 0 Å². The highest BCUT2D eigenvalue weighted by molar-refractivity contribution is 8.16. The maximum absolute atomic E-state index is 13.4. The van der Waals surface area contributed by atoms with E-state index in [1.165, 1.54) is 38.1 Å². The number of anilines is 1. The zero-order valence-electron chi connectivity index (χ0n) is 16.9. The number of halogens is 1. The minimum atomic E-state index is -3.17. The van der Waals surface area contributed by atoms with Gasteiger partial charge in [-0.2, -0.15) is 4.99 Å². The molecule has 0 saturated carbocycles. The van der Waals surface area contributed by atoms with Crippen LogP contribution in [0.25, 0.3) is 0 Å². The molecular weight excluding hydrogens is 443 g/mol. The van der Waals surface area contributed by atoms with Crippen molar-refractivity contribution < 1.29 is 27.1 Å². The van der Waals surface area contributed by atoms with E-state index in [-0.39, 0.29) is 35.1 Å². The Balaban J connectivity index is 1.60. The second kappa shape index (κ2) is 8.51. The van der Waals surface area contributed by atoms with Crippen LogP contribution in [0.5, 0.6) is 11.5 Å². The molecule has 0 bridgehead atoms. The normalized spacial score (nSPS) is 23.1. The Labute approximate surface area is 184 Å². The molecule has 4 rings (SSSR count). The van der Waals surface area contributed by atoms with E-state index in [2.05, 4.69) is 4.99 Å². The van der Waals surface area contributed by atoms with Gasteiger partial charge in [-0.25, -0.2) is 12.8 Å². The van der Waals surface area contributed by atoms with E-state index < -0.39 is 15.7 Å². The van der Waals surface area contributed by atoms with Gasteiger partial charge in [-0.1, -0.05) is 17.8 Å². The minimum Gasteiger partial charge on any atom is -0.493 e. The van der Waals surface area contributed by atoms with Crippen LogP contribution in [-0.2, 0) is 21.1 Å². The average Bonchev–Trinajstić information content (AvgIpc) is 3.19. The Bertz CT molecular complexity index is 1130. The number of sulfone groups is 1. The summed E-state index contributed by atoms with van der Waals surface area (Å²) in [6, 6.07) is 10.6. The highest BCUT2D eigenvalue weighted by Gasteiger charge is 2.49. The van der Waals surface area contributed by atoms with Gasteiger partial charge in [0.05, 0.1) is 38.2 Å². The molecule has 2 atom stereocenters. The average molecular weight is 465 g/mol. The molecule has 2 aromatic carbocycles. The van der Waals surface area contributed by atoms with Gasteiger partial charge in [-0.3, -0.25) is 4.79 Å². The Morgan fingerprint density at radius 3 is 2.52 bits per heavy atom. The number of aliphatic imine (C=N–C) groups is 1. The molecule has 1 amide bonds. The first-order valence-corrected chi connectivity index (χ1v) is 12.2. The zero-order chi connectivity index (χ0) is 22.2. The third-order valence-electron chi connectivity index (χ3n) is 5.20. The number of rotatable bonds is 5. The first-order valence-electron chi connectivity index (χ1n) is 9.54. The van der Waals surface area contributed by atoms with Crippen LogP contribution in [0.3, 0.4) is 0 Å². The second-order valence-corrected chi connectivity index (χ2v) is 10.7. The quantitative estimate of drug-likeness (QED) is 0.673. The molecule has 0 spiro atoms. The molecule has 0 unspecified atom stereocenters. The second-order valence-electron chi connectivity index (χ2n) is 7.30. The highest BCUT2D eigenvalue weighted by atomic mass is 32.2. The van der Waals surface area contributed by atoms with Crippen LogP contribution >= 0.6 is 11.8 Å². The van der Waals surface area contributed by atoms with Crippen LogP contribution in [0.4, 0.5) is 10.1 Å². The van der Waals surface area contributed by atoms with Crippen LogP contribution in [0.15, 0.2) is 47.5 Å². The number of nitrogens with zero attached hydrogens (tertiary/aromatic N) is 2. The zero-order valence-corrected chi connectivity index (χ0v) is 18.6. The van der Waals surface area contributed by atoms with Crippen molar-refractivity contribution in [3.63, 3.8) is 0 Å². The van der Waals surface area contributed by atoms with Crippen molar-refractivity contribution in [3.8, 4) is 11.5 Å². The molecule has 0 aliphatic carbocycles. The summed E-state index contributed by atoms with van der Waals surface area (Å²) < 4.78 is 48.2. The van der Waals surface area contributed by atoms with Gasteiger partial charge in [0, 0.05) is 10.9 Å². The Morgan fingerprint density at radius 1 is 1.13 bits per heavy atom. The molecule has 0 aromatic heterocycles. The number of carbonyl (C=O) groups excluding carboxylic acids is 1. The van der Waals surface area contributed by atoms with E-state index in [4.69, 9.17) is 9.47 Å². The van der Waals surface area contributed by atoms with Gasteiger partial charge in [-0.05, 0) is 42.0 Å². The van der Waals surface area contributed by atoms with Crippen LogP contribution in [-0.4, -0.2) is 56.5 Å². The topological polar surface area (TPSA) is 85.3 Å². The van der Waals surface area contributed by atoms with E-state index in [0.717, 1.165) is 0 Å². The number of methoxy groups -OCH3 is 2. The Morgan fingerprint density at radius 2 is 1.84 bits per heavy atom. The summed E-state index contributed by atoms with van der Waals surface area (Å²) in [6.45, 7) is 0. The maximum atomic E-state index is 13.4. The fourth-order valence-electron chi connectivity index (χ4n) is 3.78. The van der Waals surface area contributed by atoms with Crippen molar-refractivity contribution in [2.75, 3.05) is 30.6 Å². The van der Waals surface area contributed by atoms with E-state index in [1.54, 1.807) is 35.2 Å². The van der Waals surface area contributed by atoms with E-state index in [1.807, 2.05) is 0 Å². The first kappa shape index (κ1) is 21.6. The molecular formula is C21H21FN2O5S2. The summed E-state index contributed by atoms with van der Waals surface area (Å²) in [6.07, 6.45) is 0.0509. The highest BCUT2D eigenvalue weighted by Crippen LogP contribution is 2.41. The largest absolute Gasteiger partial charge is 0.493 e. The van der Waals surface area contributed by atoms with Gasteiger partial charge in [0.1, 0.15) is 5.82 Å². The third kappa shape index (κ3) is 4.54. The van der Waals surface area contributed by atoms with Crippen LogP contribution in [0.1, 0.15) is 5.56 Å². The van der Waals surface area contributed by atoms with Crippen molar-refractivity contribution in [3.05, 3.63) is 53.8 Å². The van der Waals surface area contributed by atoms with Gasteiger partial charge in [0.2, 0.25) is 0 Å². The summed E-state index contributed by atoms with van der Waals surface area (Å²) >= 11 is 1.28. The van der Waals surface area contributed by atoms with Crippen LogP contribution in [0.2, 0.25) is 0 Å². The number of ether oxygens (including phenoxy) is 2. The molecule has 2 heterocycles. The predicted molar refractivity (Wildman–Crippen MR) is 118 cm³/mol. The molecule has 2 aromatic rings. The molecule has 0 N–H and O–H groups in total. The molecule has 31 heavy (non-hydrogen) atoms. The number of hydrogen-bond acceptors (Lipinski definition) is 6. The number of carbonyl (C=O) groups is 1. The third-order valence-corrected chi connectivity index (χ3v) is 8.40.